The van der Waals surface area contributed by atoms with Crippen molar-refractivity contribution < 1.29 is 4.74 Å². The number of nitrogens with two attached hydrogens (primary N) is 1. The number of hydrogen-bond donors (Lipinski definition) is 1. The number of rotatable bonds is 2. The van der Waals surface area contributed by atoms with Gasteiger partial charge < -0.3 is 10.5 Å². The number of ether oxygens (including phenoxy) is 1. The van der Waals surface area contributed by atoms with Crippen LogP contribution >= 0.6 is 12.4 Å². The lowest BCUT2D eigenvalue weighted by Crippen LogP contribution is -2.47. The number of nitrogen functional groups attached to an aromatic ring is 1. The van der Waals surface area contributed by atoms with Crippen molar-refractivity contribution in [2.75, 3.05) is 32.0 Å². The first-order valence-corrected chi connectivity index (χ1v) is 7.40. The third-order valence-electron chi connectivity index (χ3n) is 4.50. The van der Waals surface area contributed by atoms with E-state index in [1.54, 1.807) is 0 Å². The van der Waals surface area contributed by atoms with Gasteiger partial charge in [0.05, 0.1) is 6.61 Å². The number of benzene rings is 1. The second kappa shape index (κ2) is 6.79. The third-order valence-corrected chi connectivity index (χ3v) is 4.50. The Kier molecular flexibility index (Phi) is 5.30. The molecule has 2 saturated heterocycles. The summed E-state index contributed by atoms with van der Waals surface area (Å²) in [4.78, 5) is 2.58. The lowest BCUT2D eigenvalue weighted by Gasteiger charge is -2.45. The maximum Gasteiger partial charge on any atom is 0.0534 e. The molecule has 2 fully saturated rings. The normalized spacial score (nSPS) is 27.2. The van der Waals surface area contributed by atoms with Crippen molar-refractivity contribution in [3.8, 4) is 0 Å². The highest BCUT2D eigenvalue weighted by molar-refractivity contribution is 5.85. The number of anilines is 1. The van der Waals surface area contributed by atoms with Crippen LogP contribution in [0.1, 0.15) is 31.2 Å². The molecule has 1 atom stereocenters. The molecule has 1 spiro atoms. The van der Waals surface area contributed by atoms with E-state index in [-0.39, 0.29) is 12.4 Å². The van der Waals surface area contributed by atoms with Gasteiger partial charge in [-0.3, -0.25) is 4.90 Å². The van der Waals surface area contributed by atoms with Gasteiger partial charge >= 0.3 is 0 Å². The molecule has 2 aliphatic heterocycles. The molecule has 0 bridgehead atoms. The smallest absolute Gasteiger partial charge is 0.0534 e. The molecule has 1 aromatic rings. The number of halogens is 1. The zero-order valence-electron chi connectivity index (χ0n) is 12.0. The first-order chi connectivity index (χ1) is 9.26. The molecule has 2 aliphatic rings. The molecule has 3 nitrogen and oxygen atoms in total. The van der Waals surface area contributed by atoms with Crippen LogP contribution in [0.25, 0.3) is 0 Å². The van der Waals surface area contributed by atoms with Crippen LogP contribution in [0.15, 0.2) is 24.3 Å². The van der Waals surface area contributed by atoms with Gasteiger partial charge in [-0.25, -0.2) is 0 Å². The minimum absolute atomic E-state index is 0. The topological polar surface area (TPSA) is 38.5 Å². The predicted octanol–water partition coefficient (Wildman–Crippen LogP) is 3.08. The maximum atomic E-state index is 5.86. The minimum Gasteiger partial charge on any atom is -0.399 e. The van der Waals surface area contributed by atoms with Crippen molar-refractivity contribution in [2.45, 2.75) is 32.2 Å². The van der Waals surface area contributed by atoms with Crippen molar-refractivity contribution in [3.05, 3.63) is 29.8 Å². The van der Waals surface area contributed by atoms with E-state index in [2.05, 4.69) is 17.0 Å². The van der Waals surface area contributed by atoms with Crippen LogP contribution in [-0.4, -0.2) is 31.2 Å². The average Bonchev–Trinajstić information content (AvgIpc) is 2.40. The Hall–Kier alpha value is -0.770. The van der Waals surface area contributed by atoms with Crippen LogP contribution in [0.3, 0.4) is 0 Å². The van der Waals surface area contributed by atoms with E-state index >= 15 is 0 Å². The summed E-state index contributed by atoms with van der Waals surface area (Å²) < 4.78 is 5.73. The van der Waals surface area contributed by atoms with E-state index in [1.807, 2.05) is 12.1 Å². The molecule has 112 valence electrons. The summed E-state index contributed by atoms with van der Waals surface area (Å²) in [7, 11) is 0. The van der Waals surface area contributed by atoms with Crippen molar-refractivity contribution in [2.24, 2.45) is 5.41 Å². The van der Waals surface area contributed by atoms with Gasteiger partial charge in [0, 0.05) is 30.8 Å². The van der Waals surface area contributed by atoms with Crippen LogP contribution in [-0.2, 0) is 11.3 Å². The van der Waals surface area contributed by atoms with E-state index in [0.717, 1.165) is 25.4 Å². The molecule has 2 heterocycles. The second-order valence-electron chi connectivity index (χ2n) is 6.22. The third kappa shape index (κ3) is 3.66. The number of nitrogens with zero attached hydrogens (tertiary/aromatic N) is 1. The van der Waals surface area contributed by atoms with Gasteiger partial charge in [0.1, 0.15) is 0 Å². The van der Waals surface area contributed by atoms with Crippen molar-refractivity contribution >= 4 is 18.1 Å². The van der Waals surface area contributed by atoms with E-state index in [1.165, 1.54) is 44.3 Å². The summed E-state index contributed by atoms with van der Waals surface area (Å²) in [5.74, 6) is 0. The Morgan fingerprint density at radius 1 is 1.25 bits per heavy atom. The molecule has 20 heavy (non-hydrogen) atoms. The fourth-order valence-corrected chi connectivity index (χ4v) is 3.63. The van der Waals surface area contributed by atoms with Crippen molar-refractivity contribution in [3.63, 3.8) is 0 Å². The Balaban J connectivity index is 0.00000147. The summed E-state index contributed by atoms with van der Waals surface area (Å²) in [6.07, 6.45) is 5.19. The SMILES string of the molecule is Cl.Nc1cccc(CN2CCCC3(CCCOC3)C2)c1. The molecule has 0 saturated carbocycles. The lowest BCUT2D eigenvalue weighted by atomic mass is 9.76. The number of hydrogen-bond acceptors (Lipinski definition) is 3. The van der Waals surface area contributed by atoms with Crippen LogP contribution < -0.4 is 5.73 Å². The van der Waals surface area contributed by atoms with Gasteiger partial charge in [-0.15, -0.1) is 12.4 Å². The standard InChI is InChI=1S/C16H24N2O.ClH/c17-15-5-1-4-14(10-15)11-18-8-2-6-16(12-18)7-3-9-19-13-16;/h1,4-5,10H,2-3,6-9,11-13,17H2;1H. The summed E-state index contributed by atoms with van der Waals surface area (Å²) in [6, 6.07) is 8.28. The van der Waals surface area contributed by atoms with E-state index < -0.39 is 0 Å². The molecule has 0 aromatic heterocycles. The Morgan fingerprint density at radius 3 is 2.85 bits per heavy atom. The highest BCUT2D eigenvalue weighted by Crippen LogP contribution is 2.37. The van der Waals surface area contributed by atoms with Crippen molar-refractivity contribution in [1.29, 1.82) is 0 Å². The van der Waals surface area contributed by atoms with Gasteiger partial charge in [0.25, 0.3) is 0 Å². The number of likely N-dealkylation sites (tertiary alicyclic amines) is 1. The molecule has 1 aromatic carbocycles. The number of piperidine rings is 1. The van der Waals surface area contributed by atoms with Gasteiger partial charge in [-0.2, -0.15) is 0 Å². The Bertz CT molecular complexity index is 427. The van der Waals surface area contributed by atoms with Gasteiger partial charge in [0.2, 0.25) is 0 Å². The highest BCUT2D eigenvalue weighted by atomic mass is 35.5. The molecular weight excluding hydrogens is 272 g/mol. The van der Waals surface area contributed by atoms with Gasteiger partial charge in [0.15, 0.2) is 0 Å². The molecule has 0 aliphatic carbocycles. The fraction of sp³-hybridized carbons (Fsp3) is 0.625. The van der Waals surface area contributed by atoms with E-state index in [9.17, 15) is 0 Å². The van der Waals surface area contributed by atoms with Crippen molar-refractivity contribution in [1.82, 2.24) is 4.90 Å². The summed E-state index contributed by atoms with van der Waals surface area (Å²) in [5.41, 5.74) is 8.48. The molecule has 4 heteroatoms. The summed E-state index contributed by atoms with van der Waals surface area (Å²) in [5, 5.41) is 0. The van der Waals surface area contributed by atoms with Gasteiger partial charge in [-0.05, 0) is 49.9 Å². The van der Waals surface area contributed by atoms with Gasteiger partial charge in [-0.1, -0.05) is 12.1 Å². The minimum atomic E-state index is 0. The first-order valence-electron chi connectivity index (χ1n) is 7.40. The zero-order chi connectivity index (χ0) is 13.1. The van der Waals surface area contributed by atoms with Crippen LogP contribution in [0.2, 0.25) is 0 Å². The van der Waals surface area contributed by atoms with Crippen LogP contribution in [0.4, 0.5) is 5.69 Å². The fourth-order valence-electron chi connectivity index (χ4n) is 3.63. The quantitative estimate of drug-likeness (QED) is 0.853. The molecule has 2 N–H and O–H groups in total. The maximum absolute atomic E-state index is 5.86. The van der Waals surface area contributed by atoms with E-state index in [4.69, 9.17) is 10.5 Å². The molecular formula is C16H25ClN2O. The summed E-state index contributed by atoms with van der Waals surface area (Å²) in [6.45, 7) is 5.32. The van der Waals surface area contributed by atoms with E-state index in [0.29, 0.717) is 5.41 Å². The summed E-state index contributed by atoms with van der Waals surface area (Å²) >= 11 is 0. The molecule has 0 amide bonds. The highest BCUT2D eigenvalue weighted by Gasteiger charge is 2.37. The van der Waals surface area contributed by atoms with Crippen LogP contribution in [0.5, 0.6) is 0 Å². The molecule has 1 unspecified atom stereocenters. The average molecular weight is 297 g/mol. The van der Waals surface area contributed by atoms with Crippen LogP contribution in [0, 0.1) is 5.41 Å². The largest absolute Gasteiger partial charge is 0.399 e. The molecule has 0 radical (unpaired) electrons. The second-order valence-corrected chi connectivity index (χ2v) is 6.22. The predicted molar refractivity (Wildman–Crippen MR) is 85.1 cm³/mol. The zero-order valence-corrected chi connectivity index (χ0v) is 12.8. The monoisotopic (exact) mass is 296 g/mol. The Labute approximate surface area is 127 Å². The molecule has 3 rings (SSSR count). The first kappa shape index (κ1) is 15.6. The lowest BCUT2D eigenvalue weighted by molar-refractivity contribution is -0.0505. The Morgan fingerprint density at radius 2 is 2.10 bits per heavy atom.